The number of anilines is 2. The zero-order chi connectivity index (χ0) is 14.5. The Labute approximate surface area is 123 Å². The Kier molecular flexibility index (Phi) is 4.44. The van der Waals surface area contributed by atoms with E-state index in [1.54, 1.807) is 12.3 Å². The number of hydrogen-bond acceptors (Lipinski definition) is 4. The molecular weight excluding hydrogens is 272 g/mol. The Morgan fingerprint density at radius 3 is 2.75 bits per heavy atom. The third-order valence-electron chi connectivity index (χ3n) is 3.09. The average Bonchev–Trinajstić information content (AvgIpc) is 2.47. The van der Waals surface area contributed by atoms with Crippen LogP contribution in [0.5, 0.6) is 0 Å². The van der Waals surface area contributed by atoms with Gasteiger partial charge in [-0.15, -0.1) is 0 Å². The van der Waals surface area contributed by atoms with Crippen molar-refractivity contribution in [3.8, 4) is 6.07 Å². The van der Waals surface area contributed by atoms with E-state index >= 15 is 0 Å². The van der Waals surface area contributed by atoms with Crippen molar-refractivity contribution in [2.75, 3.05) is 17.2 Å². The van der Waals surface area contributed by atoms with Gasteiger partial charge in [0.1, 0.15) is 16.9 Å². The van der Waals surface area contributed by atoms with Gasteiger partial charge in [-0.3, -0.25) is 0 Å². The van der Waals surface area contributed by atoms with Gasteiger partial charge in [-0.2, -0.15) is 5.26 Å². The van der Waals surface area contributed by atoms with Gasteiger partial charge >= 0.3 is 0 Å². The smallest absolute Gasteiger partial charge is 0.148 e. The van der Waals surface area contributed by atoms with Crippen LogP contribution >= 0.6 is 11.6 Å². The maximum Gasteiger partial charge on any atom is 0.148 e. The van der Waals surface area contributed by atoms with Gasteiger partial charge < -0.3 is 10.6 Å². The lowest BCUT2D eigenvalue weighted by Crippen LogP contribution is -2.24. The normalized spacial score (nSPS) is 10.1. The molecule has 0 atom stereocenters. The summed E-state index contributed by atoms with van der Waals surface area (Å²) >= 11 is 6.23. The third kappa shape index (κ3) is 2.84. The third-order valence-corrected chi connectivity index (χ3v) is 3.46. The molecule has 0 fully saturated rings. The molecule has 2 aromatic rings. The molecule has 102 valence electrons. The number of nitrogen functional groups attached to an aromatic ring is 1. The summed E-state index contributed by atoms with van der Waals surface area (Å²) in [5.41, 5.74) is 8.13. The van der Waals surface area contributed by atoms with Crippen LogP contribution in [0.15, 0.2) is 36.5 Å². The number of nitrogens with zero attached hydrogens (tertiary/aromatic N) is 3. The van der Waals surface area contributed by atoms with Crippen molar-refractivity contribution in [1.29, 1.82) is 5.26 Å². The second kappa shape index (κ2) is 6.27. The zero-order valence-corrected chi connectivity index (χ0v) is 11.9. The lowest BCUT2D eigenvalue weighted by Gasteiger charge is -2.24. The Hall–Kier alpha value is -2.25. The van der Waals surface area contributed by atoms with E-state index < -0.39 is 0 Å². The minimum absolute atomic E-state index is 0.381. The fourth-order valence-corrected chi connectivity index (χ4v) is 2.23. The summed E-state index contributed by atoms with van der Waals surface area (Å²) in [4.78, 5) is 6.28. The van der Waals surface area contributed by atoms with Crippen LogP contribution in [-0.4, -0.2) is 11.5 Å². The van der Waals surface area contributed by atoms with Crippen molar-refractivity contribution in [2.24, 2.45) is 0 Å². The van der Waals surface area contributed by atoms with E-state index in [9.17, 15) is 0 Å². The second-order valence-electron chi connectivity index (χ2n) is 4.32. The summed E-state index contributed by atoms with van der Waals surface area (Å²) in [6, 6.07) is 11.4. The van der Waals surface area contributed by atoms with Crippen molar-refractivity contribution in [2.45, 2.75) is 13.5 Å². The van der Waals surface area contributed by atoms with Crippen LogP contribution in [-0.2, 0) is 6.54 Å². The number of rotatable bonds is 4. The lowest BCUT2D eigenvalue weighted by molar-refractivity contribution is 0.815. The SMILES string of the molecule is CCN(Cc1ccccc1N)c1nccc(C#N)c1Cl. The molecule has 5 heteroatoms. The van der Waals surface area contributed by atoms with E-state index in [-0.39, 0.29) is 0 Å². The maximum atomic E-state index is 9.03. The summed E-state index contributed by atoms with van der Waals surface area (Å²) in [7, 11) is 0. The van der Waals surface area contributed by atoms with Gasteiger partial charge in [0.2, 0.25) is 0 Å². The summed E-state index contributed by atoms with van der Waals surface area (Å²) in [6.07, 6.45) is 1.59. The molecule has 0 radical (unpaired) electrons. The Morgan fingerprint density at radius 2 is 2.10 bits per heavy atom. The molecule has 0 saturated carbocycles. The molecule has 0 aliphatic rings. The molecule has 2 N–H and O–H groups in total. The molecule has 4 nitrogen and oxygen atoms in total. The van der Waals surface area contributed by atoms with E-state index in [4.69, 9.17) is 22.6 Å². The molecule has 0 saturated heterocycles. The van der Waals surface area contributed by atoms with Crippen molar-refractivity contribution in [1.82, 2.24) is 4.98 Å². The summed E-state index contributed by atoms with van der Waals surface area (Å²) in [6.45, 7) is 3.33. The highest BCUT2D eigenvalue weighted by atomic mass is 35.5. The molecule has 0 amide bonds. The highest BCUT2D eigenvalue weighted by Gasteiger charge is 2.14. The Morgan fingerprint density at radius 1 is 1.35 bits per heavy atom. The summed E-state index contributed by atoms with van der Waals surface area (Å²) < 4.78 is 0. The van der Waals surface area contributed by atoms with E-state index in [1.807, 2.05) is 36.1 Å². The van der Waals surface area contributed by atoms with Gasteiger partial charge in [0.05, 0.1) is 5.56 Å². The molecule has 1 aromatic heterocycles. The fourth-order valence-electron chi connectivity index (χ4n) is 1.96. The number of para-hydroxylation sites is 1. The molecule has 1 heterocycles. The number of nitriles is 1. The molecule has 20 heavy (non-hydrogen) atoms. The predicted molar refractivity (Wildman–Crippen MR) is 81.5 cm³/mol. The Balaban J connectivity index is 2.35. The molecule has 0 aliphatic heterocycles. The van der Waals surface area contributed by atoms with E-state index in [0.717, 1.165) is 17.8 Å². The van der Waals surface area contributed by atoms with Crippen LogP contribution in [0.25, 0.3) is 0 Å². The number of hydrogen-bond donors (Lipinski definition) is 1. The van der Waals surface area contributed by atoms with E-state index in [0.29, 0.717) is 22.9 Å². The summed E-state index contributed by atoms with van der Waals surface area (Å²) in [5, 5.41) is 9.41. The highest BCUT2D eigenvalue weighted by Crippen LogP contribution is 2.28. The first kappa shape index (κ1) is 14.2. The highest BCUT2D eigenvalue weighted by molar-refractivity contribution is 6.34. The first-order valence-corrected chi connectivity index (χ1v) is 6.68. The molecular formula is C15H15ClN4. The summed E-state index contributed by atoms with van der Waals surface area (Å²) in [5.74, 6) is 0.608. The number of pyridine rings is 1. The lowest BCUT2D eigenvalue weighted by atomic mass is 10.1. The first-order chi connectivity index (χ1) is 9.67. The van der Waals surface area contributed by atoms with Gasteiger partial charge in [0, 0.05) is 25.0 Å². The van der Waals surface area contributed by atoms with E-state index in [1.165, 1.54) is 0 Å². The van der Waals surface area contributed by atoms with Crippen molar-refractivity contribution < 1.29 is 0 Å². The number of halogens is 1. The van der Waals surface area contributed by atoms with Crippen LogP contribution in [0.4, 0.5) is 11.5 Å². The van der Waals surface area contributed by atoms with Gasteiger partial charge in [0.15, 0.2) is 0 Å². The first-order valence-electron chi connectivity index (χ1n) is 6.30. The molecule has 0 unspecified atom stereocenters. The minimum Gasteiger partial charge on any atom is -0.398 e. The quantitative estimate of drug-likeness (QED) is 0.877. The zero-order valence-electron chi connectivity index (χ0n) is 11.2. The van der Waals surface area contributed by atoms with Gasteiger partial charge in [-0.05, 0) is 24.6 Å². The minimum atomic E-state index is 0.381. The largest absolute Gasteiger partial charge is 0.398 e. The van der Waals surface area contributed by atoms with Gasteiger partial charge in [-0.1, -0.05) is 29.8 Å². The van der Waals surface area contributed by atoms with Gasteiger partial charge in [0.25, 0.3) is 0 Å². The van der Waals surface area contributed by atoms with Crippen LogP contribution < -0.4 is 10.6 Å². The molecule has 0 aliphatic carbocycles. The Bertz CT molecular complexity index is 649. The second-order valence-corrected chi connectivity index (χ2v) is 4.70. The fraction of sp³-hybridized carbons (Fsp3) is 0.200. The van der Waals surface area contributed by atoms with Crippen molar-refractivity contribution in [3.05, 3.63) is 52.7 Å². The van der Waals surface area contributed by atoms with Crippen molar-refractivity contribution >= 4 is 23.1 Å². The molecule has 2 rings (SSSR count). The monoisotopic (exact) mass is 286 g/mol. The van der Waals surface area contributed by atoms with Crippen LogP contribution in [0.3, 0.4) is 0 Å². The topological polar surface area (TPSA) is 65.9 Å². The van der Waals surface area contributed by atoms with E-state index in [2.05, 4.69) is 11.1 Å². The van der Waals surface area contributed by atoms with Crippen molar-refractivity contribution in [3.63, 3.8) is 0 Å². The standard InChI is InChI=1S/C15H15ClN4/c1-2-20(10-12-5-3-4-6-13(12)18)15-14(16)11(9-17)7-8-19-15/h3-8H,2,10,18H2,1H3. The molecule has 0 spiro atoms. The van der Waals surface area contributed by atoms with Gasteiger partial charge in [-0.25, -0.2) is 4.98 Å². The van der Waals surface area contributed by atoms with Crippen LogP contribution in [0.1, 0.15) is 18.1 Å². The molecule has 1 aromatic carbocycles. The predicted octanol–water partition coefficient (Wildman–Crippen LogP) is 3.22. The molecule has 0 bridgehead atoms. The van der Waals surface area contributed by atoms with Crippen LogP contribution in [0, 0.1) is 11.3 Å². The average molecular weight is 287 g/mol. The van der Waals surface area contributed by atoms with Crippen LogP contribution in [0.2, 0.25) is 5.02 Å². The number of nitrogens with two attached hydrogens (primary N) is 1. The number of benzene rings is 1. The number of aromatic nitrogens is 1. The maximum absolute atomic E-state index is 9.03.